The predicted molar refractivity (Wildman–Crippen MR) is 268 cm³/mol. The topological polar surface area (TPSA) is 333 Å². The number of carboxylic acid groups (broad SMARTS) is 3. The Balaban J connectivity index is 1.93. The van der Waals surface area contributed by atoms with Crippen LogP contribution in [-0.4, -0.2) is 123 Å². The maximum absolute atomic E-state index is 14.5. The first kappa shape index (κ1) is 62.4. The van der Waals surface area contributed by atoms with E-state index in [-0.39, 0.29) is 12.8 Å². The molecular formula is C52H66F3N7O14. The molecule has 3 aromatic carbocycles. The third kappa shape index (κ3) is 20.8. The molecule has 0 aliphatic heterocycles. The SMILES string of the molecule is Cc1ccccc1C[C@H](NC(=O)[C@H](CCC(=O)O)NC(=O)[C@H](CC(=O)O)NC(=O)CCC(=O)O)C(=O)N[C@H](C(=O)N[C@@H](CC(C)C)C(=O)NC(CC(F)(F)F)C(=O)C(=O)N[C@@H](C)c1ccc2ccccc2c1)C(C)(C)C. The Bertz CT molecular complexity index is 2640. The van der Waals surface area contributed by atoms with E-state index in [9.17, 15) is 76.1 Å². The van der Waals surface area contributed by atoms with Crippen LogP contribution >= 0.6 is 0 Å². The summed E-state index contributed by atoms with van der Waals surface area (Å²) in [4.78, 5) is 144. The van der Waals surface area contributed by atoms with Gasteiger partial charge in [-0.1, -0.05) is 95.3 Å². The molecule has 10 N–H and O–H groups in total. The summed E-state index contributed by atoms with van der Waals surface area (Å²) in [5.41, 5.74) is 0.432. The van der Waals surface area contributed by atoms with Crippen LogP contribution in [0.25, 0.3) is 10.8 Å². The van der Waals surface area contributed by atoms with Gasteiger partial charge in [-0.05, 0) is 71.6 Å². The molecule has 7 amide bonds. The van der Waals surface area contributed by atoms with Crippen molar-refractivity contribution >= 4 is 75.8 Å². The van der Waals surface area contributed by atoms with Crippen LogP contribution in [0.5, 0.6) is 0 Å². The average molecular weight is 1070 g/mol. The fourth-order valence-corrected chi connectivity index (χ4v) is 7.80. The van der Waals surface area contributed by atoms with E-state index in [2.05, 4.69) is 31.9 Å². The van der Waals surface area contributed by atoms with Gasteiger partial charge < -0.3 is 52.5 Å². The zero-order valence-electron chi connectivity index (χ0n) is 43.1. The molecule has 7 atom stereocenters. The fourth-order valence-electron chi connectivity index (χ4n) is 7.80. The molecule has 3 rings (SSSR count). The Labute approximate surface area is 436 Å². The summed E-state index contributed by atoms with van der Waals surface area (Å²) in [5.74, 6) is -14.6. The fraction of sp³-hybridized carbons (Fsp3) is 0.481. The van der Waals surface area contributed by atoms with E-state index in [1.807, 2.05) is 23.5 Å². The monoisotopic (exact) mass is 1070 g/mol. The molecule has 0 saturated carbocycles. The second kappa shape index (κ2) is 28.1. The van der Waals surface area contributed by atoms with Gasteiger partial charge in [0.25, 0.3) is 5.91 Å². The number of amides is 7. The molecular weight excluding hydrogens is 1000 g/mol. The summed E-state index contributed by atoms with van der Waals surface area (Å²) in [6.07, 6.45) is -11.2. The van der Waals surface area contributed by atoms with Crippen molar-refractivity contribution in [2.75, 3.05) is 0 Å². The quantitative estimate of drug-likeness (QED) is 0.0467. The molecule has 24 heteroatoms. The number of benzene rings is 3. The number of hydrogen-bond acceptors (Lipinski definition) is 11. The van der Waals surface area contributed by atoms with Gasteiger partial charge in [-0.25, -0.2) is 0 Å². The maximum Gasteiger partial charge on any atom is 0.391 e. The number of hydrogen-bond donors (Lipinski definition) is 10. The number of Topliss-reactive ketones (excluding diaryl/α,β-unsaturated/α-hetero) is 1. The van der Waals surface area contributed by atoms with Crippen LogP contribution in [0.4, 0.5) is 13.2 Å². The van der Waals surface area contributed by atoms with Gasteiger partial charge in [-0.15, -0.1) is 0 Å². The number of aliphatic carboxylic acids is 3. The second-order valence-electron chi connectivity index (χ2n) is 19.8. The van der Waals surface area contributed by atoms with Crippen molar-refractivity contribution in [3.63, 3.8) is 0 Å². The lowest BCUT2D eigenvalue weighted by atomic mass is 9.85. The van der Waals surface area contributed by atoms with Gasteiger partial charge in [0.1, 0.15) is 36.3 Å². The van der Waals surface area contributed by atoms with E-state index in [0.29, 0.717) is 16.7 Å². The summed E-state index contributed by atoms with van der Waals surface area (Å²) in [6, 6.07) is 7.24. The largest absolute Gasteiger partial charge is 0.481 e. The van der Waals surface area contributed by atoms with Crippen LogP contribution in [-0.2, 0) is 59.2 Å². The van der Waals surface area contributed by atoms with Crippen LogP contribution < -0.4 is 37.2 Å². The molecule has 21 nitrogen and oxygen atoms in total. The van der Waals surface area contributed by atoms with Gasteiger partial charge in [0.05, 0.1) is 25.3 Å². The molecule has 0 bridgehead atoms. The van der Waals surface area contributed by atoms with Gasteiger partial charge in [0.2, 0.25) is 41.2 Å². The summed E-state index contributed by atoms with van der Waals surface area (Å²) >= 11 is 0. The third-order valence-corrected chi connectivity index (χ3v) is 11.9. The van der Waals surface area contributed by atoms with Crippen LogP contribution in [0.1, 0.15) is 109 Å². The number of halogens is 3. The lowest BCUT2D eigenvalue weighted by Gasteiger charge is -2.34. The van der Waals surface area contributed by atoms with Gasteiger partial charge >= 0.3 is 24.1 Å². The molecule has 1 unspecified atom stereocenters. The highest BCUT2D eigenvalue weighted by Gasteiger charge is 2.42. The third-order valence-electron chi connectivity index (χ3n) is 11.9. The highest BCUT2D eigenvalue weighted by Crippen LogP contribution is 2.25. The molecule has 0 spiro atoms. The molecule has 0 aliphatic carbocycles. The van der Waals surface area contributed by atoms with E-state index in [4.69, 9.17) is 5.11 Å². The Morgan fingerprint density at radius 3 is 1.67 bits per heavy atom. The van der Waals surface area contributed by atoms with E-state index in [0.717, 1.165) is 10.8 Å². The van der Waals surface area contributed by atoms with Crippen LogP contribution in [0.2, 0.25) is 0 Å². The van der Waals surface area contributed by atoms with Crippen molar-refractivity contribution in [2.45, 2.75) is 148 Å². The van der Waals surface area contributed by atoms with E-state index in [1.165, 1.54) is 27.7 Å². The minimum Gasteiger partial charge on any atom is -0.481 e. The van der Waals surface area contributed by atoms with Gasteiger partial charge in [0.15, 0.2) is 0 Å². The van der Waals surface area contributed by atoms with Crippen LogP contribution in [0.15, 0.2) is 66.7 Å². The predicted octanol–water partition coefficient (Wildman–Crippen LogP) is 3.29. The Kier molecular flexibility index (Phi) is 23.1. The van der Waals surface area contributed by atoms with Crippen LogP contribution in [0.3, 0.4) is 0 Å². The van der Waals surface area contributed by atoms with Gasteiger partial charge in [0, 0.05) is 19.3 Å². The van der Waals surface area contributed by atoms with E-state index in [1.54, 1.807) is 69.3 Å². The highest BCUT2D eigenvalue weighted by atomic mass is 19.4. The summed E-state index contributed by atoms with van der Waals surface area (Å²) in [5, 5.41) is 45.8. The van der Waals surface area contributed by atoms with Crippen molar-refractivity contribution in [1.29, 1.82) is 0 Å². The smallest absolute Gasteiger partial charge is 0.391 e. The van der Waals surface area contributed by atoms with E-state index >= 15 is 0 Å². The molecule has 0 radical (unpaired) electrons. The number of alkyl halides is 3. The van der Waals surface area contributed by atoms with Crippen LogP contribution in [0, 0.1) is 18.3 Å². The molecule has 3 aromatic rings. The van der Waals surface area contributed by atoms with Crippen molar-refractivity contribution in [3.8, 4) is 0 Å². The normalized spacial score (nSPS) is 14.3. The Hall–Kier alpha value is -7.92. The number of carbonyl (C=O) groups is 11. The lowest BCUT2D eigenvalue weighted by Crippen LogP contribution is -2.62. The van der Waals surface area contributed by atoms with Gasteiger partial charge in [-0.2, -0.15) is 13.2 Å². The minimum absolute atomic E-state index is 0.213. The molecule has 0 fully saturated rings. The Morgan fingerprint density at radius 2 is 1.09 bits per heavy atom. The number of ketones is 1. The molecule has 0 aromatic heterocycles. The number of rotatable bonds is 28. The molecule has 0 saturated heterocycles. The molecule has 76 heavy (non-hydrogen) atoms. The molecule has 0 heterocycles. The number of carboxylic acids is 3. The van der Waals surface area contributed by atoms with Crippen molar-refractivity contribution in [3.05, 3.63) is 83.4 Å². The summed E-state index contributed by atoms with van der Waals surface area (Å²) in [6.45, 7) is 11.0. The first-order valence-corrected chi connectivity index (χ1v) is 24.3. The molecule has 414 valence electrons. The number of fused-ring (bicyclic) bond motifs is 1. The summed E-state index contributed by atoms with van der Waals surface area (Å²) in [7, 11) is 0. The van der Waals surface area contributed by atoms with Crippen molar-refractivity contribution in [2.24, 2.45) is 11.3 Å². The van der Waals surface area contributed by atoms with E-state index < -0.39 is 163 Å². The minimum atomic E-state index is -5.06. The van der Waals surface area contributed by atoms with Crippen molar-refractivity contribution in [1.82, 2.24) is 37.2 Å². The zero-order valence-corrected chi connectivity index (χ0v) is 43.1. The number of carbonyl (C=O) groups excluding carboxylic acids is 8. The average Bonchev–Trinajstić information content (AvgIpc) is 3.31. The highest BCUT2D eigenvalue weighted by molar-refractivity contribution is 6.38. The van der Waals surface area contributed by atoms with Gasteiger partial charge in [-0.3, -0.25) is 52.7 Å². The second-order valence-corrected chi connectivity index (χ2v) is 19.8. The standard InChI is InChI=1S/C52H66F3N7O14/c1-27(2)22-35(46(72)61-38(26-52(53,54)55)43(70)49(75)56-29(4)32-17-16-30-13-10-11-15-33(30)23-32)60-50(76)44(51(5,6)7)62-48(74)36(24-31-14-9-8-12-28(31)3)59-45(71)34(18-20-40(64)65)58-47(73)37(25-42(68)69)57-39(63)19-21-41(66)67/h8-17,23,27,29,34-38,44H,18-22,24-26H2,1-7H3,(H,56,75)(H,57,63)(H,58,73)(H,59,71)(H,60,76)(H,61,72)(H,62,74)(H,64,65)(H,66,67)(H,68,69)/t29-,34-,35-,36-,37-,38?,44+/m0/s1. The first-order valence-electron chi connectivity index (χ1n) is 24.3. The van der Waals surface area contributed by atoms with Crippen molar-refractivity contribution < 1.29 is 81.2 Å². The maximum atomic E-state index is 14.5. The number of nitrogens with one attached hydrogen (secondary N) is 7. The zero-order chi connectivity index (χ0) is 57.2. The summed E-state index contributed by atoms with van der Waals surface area (Å²) < 4.78 is 42.0. The number of aryl methyl sites for hydroxylation is 1. The molecule has 0 aliphatic rings. The Morgan fingerprint density at radius 1 is 0.553 bits per heavy atom. The lowest BCUT2D eigenvalue weighted by molar-refractivity contribution is -0.154. The first-order chi connectivity index (χ1) is 35.3.